The second kappa shape index (κ2) is 8.89. The van der Waals surface area contributed by atoms with Crippen LogP contribution in [0.2, 0.25) is 0 Å². The number of pyridine rings is 1. The van der Waals surface area contributed by atoms with E-state index in [1.165, 1.54) is 25.3 Å². The highest BCUT2D eigenvalue weighted by Gasteiger charge is 2.17. The Kier molecular flexibility index (Phi) is 5.79. The number of carbonyl (C=O) groups is 1. The number of carboxylic acid groups (broad SMARTS) is 1. The molecule has 0 bridgehead atoms. The van der Waals surface area contributed by atoms with Gasteiger partial charge in [-0.15, -0.1) is 0 Å². The molecule has 1 saturated heterocycles. The molecule has 2 aromatic carbocycles. The minimum atomic E-state index is -1.05. The summed E-state index contributed by atoms with van der Waals surface area (Å²) in [5, 5.41) is 21.9. The van der Waals surface area contributed by atoms with Gasteiger partial charge in [0.05, 0.1) is 28.9 Å². The number of piperidine rings is 1. The van der Waals surface area contributed by atoms with Crippen molar-refractivity contribution >= 4 is 43.7 Å². The number of aromatic nitrogens is 2. The summed E-state index contributed by atoms with van der Waals surface area (Å²) in [6, 6.07) is 10.6. The average Bonchev–Trinajstić information content (AvgIpc) is 3.22. The predicted molar refractivity (Wildman–Crippen MR) is 133 cm³/mol. The van der Waals surface area contributed by atoms with Gasteiger partial charge in [-0.1, -0.05) is 34.2 Å². The van der Waals surface area contributed by atoms with Gasteiger partial charge >= 0.3 is 5.97 Å². The van der Waals surface area contributed by atoms with Crippen molar-refractivity contribution in [1.82, 2.24) is 14.9 Å². The number of benzene rings is 2. The summed E-state index contributed by atoms with van der Waals surface area (Å²) in [7, 11) is 0. The molecule has 1 aliphatic heterocycles. The van der Waals surface area contributed by atoms with Crippen LogP contribution in [-0.4, -0.2) is 50.7 Å². The molecule has 3 N–H and O–H groups in total. The smallest absolute Gasteiger partial charge is 0.336 e. The standard InChI is InChI=1S/C26H22BrN3O3/c27-17-6-7-22-19(12-17)21(15-28-22)23-13-20(26(32)33)18-11-16(25(31)14-24(18)29-23)5-4-10-30-8-2-1-3-9-30/h6-7,11-15,28,31H,1-3,8-10H2,(H,32,33). The number of aromatic carboxylic acids is 1. The molecule has 5 rings (SSSR count). The van der Waals surface area contributed by atoms with Crippen molar-refractivity contribution in [3.8, 4) is 28.8 Å². The highest BCUT2D eigenvalue weighted by Crippen LogP contribution is 2.33. The minimum absolute atomic E-state index is 0.00342. The number of aromatic hydroxyl groups is 1. The van der Waals surface area contributed by atoms with E-state index in [1.54, 1.807) is 12.1 Å². The second-order valence-electron chi connectivity index (χ2n) is 8.28. The predicted octanol–water partition coefficient (Wildman–Crippen LogP) is 5.39. The molecule has 0 aliphatic carbocycles. The van der Waals surface area contributed by atoms with Crippen LogP contribution in [0.15, 0.2) is 47.1 Å². The van der Waals surface area contributed by atoms with Crippen LogP contribution in [-0.2, 0) is 0 Å². The van der Waals surface area contributed by atoms with E-state index < -0.39 is 5.97 Å². The molecule has 4 aromatic rings. The van der Waals surface area contributed by atoms with Crippen LogP contribution in [0.5, 0.6) is 5.75 Å². The molecule has 166 valence electrons. The van der Waals surface area contributed by atoms with E-state index in [1.807, 2.05) is 24.4 Å². The summed E-state index contributed by atoms with van der Waals surface area (Å²) in [5.41, 5.74) is 3.18. The van der Waals surface area contributed by atoms with Crippen molar-refractivity contribution in [2.75, 3.05) is 19.6 Å². The van der Waals surface area contributed by atoms with Gasteiger partial charge in [0.15, 0.2) is 0 Å². The summed E-state index contributed by atoms with van der Waals surface area (Å²) >= 11 is 3.49. The van der Waals surface area contributed by atoms with Crippen molar-refractivity contribution < 1.29 is 15.0 Å². The Morgan fingerprint density at radius 3 is 2.73 bits per heavy atom. The number of carboxylic acids is 1. The number of phenols is 1. The first-order valence-electron chi connectivity index (χ1n) is 10.9. The molecule has 2 aromatic heterocycles. The van der Waals surface area contributed by atoms with Crippen molar-refractivity contribution in [1.29, 1.82) is 0 Å². The Morgan fingerprint density at radius 1 is 1.12 bits per heavy atom. The SMILES string of the molecule is O=C(O)c1cc(-c2c[nH]c3ccc(Br)cc23)nc2cc(O)c(C#CCN3CCCCC3)cc12. The van der Waals surface area contributed by atoms with Gasteiger partial charge in [0.2, 0.25) is 0 Å². The molecule has 0 spiro atoms. The fraction of sp³-hybridized carbons (Fsp3) is 0.231. The number of fused-ring (bicyclic) bond motifs is 2. The number of phenolic OH excluding ortho intramolecular Hbond substituents is 1. The number of H-pyrrole nitrogens is 1. The molecule has 0 unspecified atom stereocenters. The first kappa shape index (κ1) is 21.5. The fourth-order valence-corrected chi connectivity index (χ4v) is 4.71. The minimum Gasteiger partial charge on any atom is -0.507 e. The number of likely N-dealkylation sites (tertiary alicyclic amines) is 1. The lowest BCUT2D eigenvalue weighted by molar-refractivity contribution is 0.0699. The third-order valence-electron chi connectivity index (χ3n) is 6.05. The van der Waals surface area contributed by atoms with Gasteiger partial charge in [-0.05, 0) is 56.3 Å². The maximum atomic E-state index is 12.1. The number of hydrogen-bond acceptors (Lipinski definition) is 4. The molecule has 0 saturated carbocycles. The molecule has 7 heteroatoms. The Bertz CT molecular complexity index is 1440. The average molecular weight is 504 g/mol. The van der Waals surface area contributed by atoms with Gasteiger partial charge in [0.25, 0.3) is 0 Å². The lowest BCUT2D eigenvalue weighted by Gasteiger charge is -2.23. The van der Waals surface area contributed by atoms with Gasteiger partial charge in [0, 0.05) is 38.6 Å². The summed E-state index contributed by atoms with van der Waals surface area (Å²) in [5.74, 6) is 5.09. The molecule has 3 heterocycles. The number of aromatic amines is 1. The van der Waals surface area contributed by atoms with Gasteiger partial charge < -0.3 is 15.2 Å². The quantitative estimate of drug-likeness (QED) is 0.326. The Balaban J connectivity index is 1.57. The van der Waals surface area contributed by atoms with E-state index in [4.69, 9.17) is 0 Å². The number of hydrogen-bond donors (Lipinski definition) is 3. The van der Waals surface area contributed by atoms with Gasteiger partial charge in [-0.25, -0.2) is 9.78 Å². The van der Waals surface area contributed by atoms with Crippen LogP contribution in [0.4, 0.5) is 0 Å². The molecule has 0 radical (unpaired) electrons. The van der Waals surface area contributed by atoms with Gasteiger partial charge in [-0.3, -0.25) is 4.90 Å². The van der Waals surface area contributed by atoms with E-state index >= 15 is 0 Å². The molecule has 6 nitrogen and oxygen atoms in total. The highest BCUT2D eigenvalue weighted by atomic mass is 79.9. The van der Waals surface area contributed by atoms with E-state index in [9.17, 15) is 15.0 Å². The topological polar surface area (TPSA) is 89.4 Å². The van der Waals surface area contributed by atoms with Gasteiger partial charge in [-0.2, -0.15) is 0 Å². The first-order chi connectivity index (χ1) is 16.0. The largest absolute Gasteiger partial charge is 0.507 e. The van der Waals surface area contributed by atoms with E-state index in [2.05, 4.69) is 42.6 Å². The van der Waals surface area contributed by atoms with E-state index in [-0.39, 0.29) is 11.3 Å². The maximum absolute atomic E-state index is 12.1. The summed E-state index contributed by atoms with van der Waals surface area (Å²) in [6.45, 7) is 2.72. The fourth-order valence-electron chi connectivity index (χ4n) is 4.35. The van der Waals surface area contributed by atoms with Gasteiger partial charge in [0.1, 0.15) is 5.75 Å². The van der Waals surface area contributed by atoms with Crippen molar-refractivity contribution in [3.63, 3.8) is 0 Å². The summed E-state index contributed by atoms with van der Waals surface area (Å²) < 4.78 is 0.917. The zero-order chi connectivity index (χ0) is 22.9. The summed E-state index contributed by atoms with van der Waals surface area (Å²) in [4.78, 5) is 22.3. The van der Waals surface area contributed by atoms with Crippen LogP contribution in [0.3, 0.4) is 0 Å². The van der Waals surface area contributed by atoms with E-state index in [0.717, 1.165) is 34.0 Å². The zero-order valence-electron chi connectivity index (χ0n) is 17.9. The molecular weight excluding hydrogens is 482 g/mol. The van der Waals surface area contributed by atoms with Crippen LogP contribution < -0.4 is 0 Å². The molecule has 1 fully saturated rings. The van der Waals surface area contributed by atoms with Crippen LogP contribution in [0.1, 0.15) is 35.2 Å². The number of halogens is 1. The molecule has 0 atom stereocenters. The maximum Gasteiger partial charge on any atom is 0.336 e. The molecule has 1 aliphatic rings. The van der Waals surface area contributed by atoms with Crippen LogP contribution in [0.25, 0.3) is 33.1 Å². The monoisotopic (exact) mass is 503 g/mol. The lowest BCUT2D eigenvalue weighted by atomic mass is 10.0. The molecule has 0 amide bonds. The third kappa shape index (κ3) is 4.32. The van der Waals surface area contributed by atoms with Crippen molar-refractivity contribution in [2.24, 2.45) is 0 Å². The number of rotatable bonds is 3. The Morgan fingerprint density at radius 2 is 1.94 bits per heavy atom. The van der Waals surface area contributed by atoms with E-state index in [0.29, 0.717) is 28.7 Å². The van der Waals surface area contributed by atoms with Crippen molar-refractivity contribution in [3.05, 3.63) is 58.2 Å². The second-order valence-corrected chi connectivity index (χ2v) is 9.19. The zero-order valence-corrected chi connectivity index (χ0v) is 19.4. The Labute approximate surface area is 199 Å². The number of nitrogens with zero attached hydrogens (tertiary/aromatic N) is 2. The normalized spacial score (nSPS) is 14.3. The van der Waals surface area contributed by atoms with Crippen LogP contribution >= 0.6 is 15.9 Å². The number of nitrogens with one attached hydrogen (secondary N) is 1. The van der Waals surface area contributed by atoms with Crippen molar-refractivity contribution in [2.45, 2.75) is 19.3 Å². The van der Waals surface area contributed by atoms with Crippen LogP contribution in [0, 0.1) is 11.8 Å². The lowest BCUT2D eigenvalue weighted by Crippen LogP contribution is -2.29. The highest BCUT2D eigenvalue weighted by molar-refractivity contribution is 9.10. The third-order valence-corrected chi connectivity index (χ3v) is 6.54. The summed E-state index contributed by atoms with van der Waals surface area (Å²) in [6.07, 6.45) is 5.45. The first-order valence-corrected chi connectivity index (χ1v) is 11.7. The Hall–Kier alpha value is -3.34. The molecule has 33 heavy (non-hydrogen) atoms. The molecular formula is C26H22BrN3O3.